The topological polar surface area (TPSA) is 0 Å². The molecule has 320 valence electrons. The standard InChI is InChI=1S/C70H40/c1-5-16-41(17-6-1)46-31-32-53-49(34-46)37-59-58-40-61-60(39-57(58)55-27-15-26-54(53)67(55)59)65(44-22-11-4-12-23-44)70-62-38-50-36-48(52-25-14-13-24-51(52)42-18-7-2-8-19-42)35-47-29-28-45-30-33-56(68(62)66(45)63(47)50)69(70)64(61)43-20-9-3-10-21-43/h1-40H. The molecule has 0 heterocycles. The van der Waals surface area contributed by atoms with Gasteiger partial charge in [-0.25, -0.2) is 0 Å². The maximum absolute atomic E-state index is 2.56. The molecule has 0 radical (unpaired) electrons. The Hall–Kier alpha value is -9.10. The van der Waals surface area contributed by atoms with E-state index < -0.39 is 0 Å². The van der Waals surface area contributed by atoms with Crippen LogP contribution < -0.4 is 0 Å². The van der Waals surface area contributed by atoms with Crippen LogP contribution in [0.4, 0.5) is 0 Å². The first-order valence-corrected chi connectivity index (χ1v) is 24.5. The summed E-state index contributed by atoms with van der Waals surface area (Å²) in [5, 5.41) is 26.2. The summed E-state index contributed by atoms with van der Waals surface area (Å²) in [6.45, 7) is 0. The molecule has 0 aliphatic carbocycles. The van der Waals surface area contributed by atoms with Gasteiger partial charge in [-0.2, -0.15) is 0 Å². The molecule has 0 N–H and O–H groups in total. The first-order chi connectivity index (χ1) is 34.7. The summed E-state index contributed by atoms with van der Waals surface area (Å²) in [6, 6.07) is 91.4. The fourth-order valence-corrected chi connectivity index (χ4v) is 12.9. The molecular formula is C70H40. The van der Waals surface area contributed by atoms with E-state index in [1.165, 1.54) is 163 Å². The molecule has 0 nitrogen and oxygen atoms in total. The first kappa shape index (κ1) is 37.9. The zero-order valence-corrected chi connectivity index (χ0v) is 38.1. The summed E-state index contributed by atoms with van der Waals surface area (Å²) in [4.78, 5) is 0. The molecule has 16 aromatic carbocycles. The van der Waals surface area contributed by atoms with Gasteiger partial charge in [-0.3, -0.25) is 0 Å². The highest BCUT2D eigenvalue weighted by Crippen LogP contribution is 2.55. The second-order valence-corrected chi connectivity index (χ2v) is 19.4. The average Bonchev–Trinajstić information content (AvgIpc) is 3.92. The Labute approximate surface area is 403 Å². The zero-order valence-electron chi connectivity index (χ0n) is 38.1. The highest BCUT2D eigenvalue weighted by atomic mass is 14.3. The summed E-state index contributed by atoms with van der Waals surface area (Å²) in [5.41, 5.74) is 12.5. The van der Waals surface area contributed by atoms with Crippen LogP contribution in [0.25, 0.3) is 163 Å². The lowest BCUT2D eigenvalue weighted by atomic mass is 9.85. The Bertz CT molecular complexity index is 4760. The molecule has 0 atom stereocenters. The average molecular weight is 881 g/mol. The largest absolute Gasteiger partial charge is 0.0622 e. The van der Waals surface area contributed by atoms with Crippen LogP contribution in [0.5, 0.6) is 0 Å². The molecule has 0 amide bonds. The highest BCUT2D eigenvalue weighted by Gasteiger charge is 2.27. The van der Waals surface area contributed by atoms with E-state index >= 15 is 0 Å². The molecular weight excluding hydrogens is 841 g/mol. The quantitative estimate of drug-likeness (QED) is 0.151. The third-order valence-corrected chi connectivity index (χ3v) is 15.8. The number of hydrogen-bond acceptors (Lipinski definition) is 0. The Morgan fingerprint density at radius 1 is 0.157 bits per heavy atom. The monoisotopic (exact) mass is 880 g/mol. The van der Waals surface area contributed by atoms with Crippen LogP contribution >= 0.6 is 0 Å². The van der Waals surface area contributed by atoms with E-state index in [0.29, 0.717) is 0 Å². The van der Waals surface area contributed by atoms with Gasteiger partial charge >= 0.3 is 0 Å². The number of hydrogen-bond donors (Lipinski definition) is 0. The van der Waals surface area contributed by atoms with Gasteiger partial charge in [0.15, 0.2) is 0 Å². The van der Waals surface area contributed by atoms with Gasteiger partial charge in [0.25, 0.3) is 0 Å². The van der Waals surface area contributed by atoms with Crippen LogP contribution in [0.2, 0.25) is 0 Å². The van der Waals surface area contributed by atoms with Crippen molar-refractivity contribution in [2.24, 2.45) is 0 Å². The van der Waals surface area contributed by atoms with E-state index in [1.54, 1.807) is 0 Å². The van der Waals surface area contributed by atoms with E-state index in [9.17, 15) is 0 Å². The molecule has 0 fully saturated rings. The zero-order chi connectivity index (χ0) is 45.6. The smallest absolute Gasteiger partial charge is 0.000719 e. The maximum Gasteiger partial charge on any atom is -0.000719 e. The Morgan fingerprint density at radius 2 is 0.657 bits per heavy atom. The Morgan fingerprint density at radius 3 is 1.34 bits per heavy atom. The predicted molar refractivity (Wildman–Crippen MR) is 302 cm³/mol. The van der Waals surface area contributed by atoms with Gasteiger partial charge in [-0.05, 0) is 206 Å². The van der Waals surface area contributed by atoms with E-state index in [1.807, 2.05) is 0 Å². The summed E-state index contributed by atoms with van der Waals surface area (Å²) in [6.07, 6.45) is 0. The molecule has 0 saturated carbocycles. The fraction of sp³-hybridized carbons (Fsp3) is 0. The van der Waals surface area contributed by atoms with Crippen molar-refractivity contribution in [1.29, 1.82) is 0 Å². The van der Waals surface area contributed by atoms with Crippen molar-refractivity contribution in [3.63, 3.8) is 0 Å². The molecule has 70 heavy (non-hydrogen) atoms. The lowest BCUT2D eigenvalue weighted by Gasteiger charge is -2.17. The van der Waals surface area contributed by atoms with Crippen molar-refractivity contribution in [1.82, 2.24) is 0 Å². The van der Waals surface area contributed by atoms with Gasteiger partial charge < -0.3 is 0 Å². The van der Waals surface area contributed by atoms with E-state index in [2.05, 4.69) is 243 Å². The molecule has 0 aliphatic rings. The lowest BCUT2D eigenvalue weighted by molar-refractivity contribution is 1.60. The SMILES string of the molecule is c1ccc(-c2ccc3c(c2)cc2c4cc5c(-c6ccccc6)c6c7ccc8ccc9cc(-c%10ccccc%10-c%10ccccc%10)cc%10cc(c6c(-c6ccccc6)c5cc4c4cccc3c42)c7c8c9%10)cc1. The molecule has 0 unspecified atom stereocenters. The Kier molecular flexibility index (Phi) is 7.70. The molecule has 0 heteroatoms. The molecule has 0 aliphatic heterocycles. The summed E-state index contributed by atoms with van der Waals surface area (Å²) in [7, 11) is 0. The molecule has 0 aromatic heterocycles. The number of rotatable bonds is 5. The second kappa shape index (κ2) is 14.2. The van der Waals surface area contributed by atoms with Gasteiger partial charge in [0, 0.05) is 0 Å². The minimum atomic E-state index is 1.23. The van der Waals surface area contributed by atoms with Crippen molar-refractivity contribution in [2.45, 2.75) is 0 Å². The maximum atomic E-state index is 2.56. The minimum Gasteiger partial charge on any atom is -0.0622 e. The van der Waals surface area contributed by atoms with Crippen LogP contribution in [0.3, 0.4) is 0 Å². The Balaban J connectivity index is 1.08. The van der Waals surface area contributed by atoms with Crippen LogP contribution in [0, 0.1) is 0 Å². The summed E-state index contributed by atoms with van der Waals surface area (Å²) >= 11 is 0. The molecule has 16 rings (SSSR count). The van der Waals surface area contributed by atoms with Crippen molar-refractivity contribution < 1.29 is 0 Å². The molecule has 0 bridgehead atoms. The van der Waals surface area contributed by atoms with Gasteiger partial charge in [0.2, 0.25) is 0 Å². The van der Waals surface area contributed by atoms with Crippen molar-refractivity contribution in [2.75, 3.05) is 0 Å². The van der Waals surface area contributed by atoms with E-state index in [4.69, 9.17) is 0 Å². The third kappa shape index (κ3) is 5.20. The van der Waals surface area contributed by atoms with E-state index in [-0.39, 0.29) is 0 Å². The minimum absolute atomic E-state index is 1.23. The molecule has 0 saturated heterocycles. The molecule has 0 spiro atoms. The van der Waals surface area contributed by atoms with Crippen LogP contribution in [-0.2, 0) is 0 Å². The van der Waals surface area contributed by atoms with Crippen LogP contribution in [-0.4, -0.2) is 0 Å². The lowest BCUT2D eigenvalue weighted by Crippen LogP contribution is -1.90. The van der Waals surface area contributed by atoms with Crippen molar-refractivity contribution in [3.8, 4) is 55.6 Å². The van der Waals surface area contributed by atoms with Gasteiger partial charge in [-0.1, -0.05) is 200 Å². The van der Waals surface area contributed by atoms with Gasteiger partial charge in [0.1, 0.15) is 0 Å². The van der Waals surface area contributed by atoms with E-state index in [0.717, 1.165) is 0 Å². The normalized spacial score (nSPS) is 12.3. The first-order valence-electron chi connectivity index (χ1n) is 24.5. The number of benzene rings is 14. The van der Waals surface area contributed by atoms with Crippen LogP contribution in [0.15, 0.2) is 243 Å². The summed E-state index contributed by atoms with van der Waals surface area (Å²) < 4.78 is 0. The highest BCUT2D eigenvalue weighted by molar-refractivity contribution is 6.46. The molecule has 16 aromatic rings. The van der Waals surface area contributed by atoms with Crippen molar-refractivity contribution in [3.05, 3.63) is 243 Å². The van der Waals surface area contributed by atoms with Crippen LogP contribution in [0.1, 0.15) is 0 Å². The summed E-state index contributed by atoms with van der Waals surface area (Å²) in [5.74, 6) is 0. The third-order valence-electron chi connectivity index (χ3n) is 15.8. The second-order valence-electron chi connectivity index (χ2n) is 19.4. The van der Waals surface area contributed by atoms with Gasteiger partial charge in [-0.15, -0.1) is 0 Å². The predicted octanol–water partition coefficient (Wildman–Crippen LogP) is 19.9. The van der Waals surface area contributed by atoms with Crippen molar-refractivity contribution >= 4 is 108 Å². The fourth-order valence-electron chi connectivity index (χ4n) is 12.9. The van der Waals surface area contributed by atoms with Gasteiger partial charge in [0.05, 0.1) is 0 Å². The number of fused-ring (bicyclic) bond motifs is 9.